The molecule has 0 saturated heterocycles. The van der Waals surface area contributed by atoms with Crippen LogP contribution >= 0.6 is 11.8 Å². The second-order valence-corrected chi connectivity index (χ2v) is 13.2. The van der Waals surface area contributed by atoms with E-state index in [1.807, 2.05) is 46.7 Å². The first-order valence-electron chi connectivity index (χ1n) is 15.0. The van der Waals surface area contributed by atoms with Gasteiger partial charge in [-0.2, -0.15) is 29.2 Å². The van der Waals surface area contributed by atoms with Gasteiger partial charge in [0.2, 0.25) is 0 Å². The number of pyridine rings is 1. The predicted molar refractivity (Wildman–Crippen MR) is 184 cm³/mol. The van der Waals surface area contributed by atoms with E-state index in [0.717, 1.165) is 54.8 Å². The molecule has 0 radical (unpaired) electrons. The van der Waals surface area contributed by atoms with E-state index in [-0.39, 0.29) is 26.5 Å². The Morgan fingerprint density at radius 3 is 2.20 bits per heavy atom. The number of aromatic nitrogens is 2. The molecule has 1 aliphatic rings. The van der Waals surface area contributed by atoms with Gasteiger partial charge in [0.25, 0.3) is 0 Å². The molecule has 1 aliphatic heterocycles. The Balaban J connectivity index is 0.00000338. The Kier molecular flexibility index (Phi) is 7.98. The fourth-order valence-corrected chi connectivity index (χ4v) is 6.69. The van der Waals surface area contributed by atoms with Crippen molar-refractivity contribution in [3.63, 3.8) is 0 Å². The fraction of sp³-hybridized carbons (Fsp3) is 0.103. The minimum Gasteiger partial charge on any atom is -0.319 e. The number of hydrogen-bond acceptors (Lipinski definition) is 4. The van der Waals surface area contributed by atoms with Gasteiger partial charge in [-0.05, 0) is 58.8 Å². The summed E-state index contributed by atoms with van der Waals surface area (Å²) in [5.74, 6) is 0.901. The first-order chi connectivity index (χ1) is 21.9. The number of anilines is 4. The molecule has 46 heavy (non-hydrogen) atoms. The smallest absolute Gasteiger partial charge is 0.148 e. The summed E-state index contributed by atoms with van der Waals surface area (Å²) in [6.45, 7) is 6.70. The molecule has 5 aromatic carbocycles. The standard InChI is InChI=1S/C39H30N4OS.Pt/c1-39(2,3)27-22-23-40-38(24-27)41-34-17-8-7-16-32(34)33-21-20-31(26-37(33)41)45-30-15-11-14-29(25-30)43-36-19-10-9-18-35(36)42(44-43)28-12-5-4-6-13-28;/h4-24H,1-3H3;/q-2;/p+1. The summed E-state index contributed by atoms with van der Waals surface area (Å²) in [5, 5.41) is 6.29. The van der Waals surface area contributed by atoms with Crippen molar-refractivity contribution in [3.8, 4) is 5.82 Å². The van der Waals surface area contributed by atoms with Crippen LogP contribution in [-0.2, 0) is 26.5 Å². The van der Waals surface area contributed by atoms with Gasteiger partial charge in [0.05, 0.1) is 0 Å². The van der Waals surface area contributed by atoms with Crippen LogP contribution in [0.25, 0.3) is 27.6 Å². The van der Waals surface area contributed by atoms with Crippen molar-refractivity contribution in [1.29, 1.82) is 0 Å². The number of rotatable bonds is 5. The van der Waals surface area contributed by atoms with E-state index in [9.17, 15) is 0 Å². The van der Waals surface area contributed by atoms with Crippen molar-refractivity contribution in [2.75, 3.05) is 10.1 Å². The Bertz CT molecular complexity index is 2190. The van der Waals surface area contributed by atoms with Crippen molar-refractivity contribution in [3.05, 3.63) is 145 Å². The molecule has 230 valence electrons. The number of hydrogen-bond donors (Lipinski definition) is 0. The zero-order chi connectivity index (χ0) is 30.5. The van der Waals surface area contributed by atoms with E-state index in [1.54, 1.807) is 11.8 Å². The van der Waals surface area contributed by atoms with Crippen LogP contribution < -0.4 is 10.1 Å². The van der Waals surface area contributed by atoms with Crippen LogP contribution in [0, 0.1) is 12.1 Å². The molecule has 1 N–H and O–H groups in total. The minimum atomic E-state index is 0. The average molecular weight is 799 g/mol. The molecular weight excluding hydrogens is 768 g/mol. The van der Waals surface area contributed by atoms with Gasteiger partial charge in [-0.15, -0.1) is 50.2 Å². The zero-order valence-electron chi connectivity index (χ0n) is 25.6. The number of para-hydroxylation sites is 4. The summed E-state index contributed by atoms with van der Waals surface area (Å²) in [6, 6.07) is 49.3. The largest absolute Gasteiger partial charge is 0.319 e. The topological polar surface area (TPSA) is 37.1 Å². The van der Waals surface area contributed by atoms with Gasteiger partial charge in [0.15, 0.2) is 0 Å². The van der Waals surface area contributed by atoms with Crippen LogP contribution in [0.2, 0.25) is 0 Å². The van der Waals surface area contributed by atoms with Crippen molar-refractivity contribution < 1.29 is 26.0 Å². The van der Waals surface area contributed by atoms with Crippen LogP contribution in [0.5, 0.6) is 0 Å². The Labute approximate surface area is 287 Å². The minimum absolute atomic E-state index is 0. The van der Waals surface area contributed by atoms with E-state index in [2.05, 4.69) is 128 Å². The molecule has 0 bridgehead atoms. The van der Waals surface area contributed by atoms with E-state index in [0.29, 0.717) is 0 Å². The molecule has 0 fully saturated rings. The number of nitrogens with zero attached hydrogens (tertiary/aromatic N) is 4. The second-order valence-electron chi connectivity index (χ2n) is 12.1. The molecule has 3 heterocycles. The SMILES string of the molecule is CC(C)(C)c1ccnc(-n2c3[c-]c(Sc4[c-]c(N5[OH+]N(c6ccccc6)c6ccccc65)ccc4)ccc3c3ccccc32)c1.[Pt]. The van der Waals surface area contributed by atoms with Gasteiger partial charge in [0.1, 0.15) is 22.9 Å². The van der Waals surface area contributed by atoms with Gasteiger partial charge in [0, 0.05) is 38.5 Å². The van der Waals surface area contributed by atoms with Crippen molar-refractivity contribution >= 4 is 56.3 Å². The van der Waals surface area contributed by atoms with Crippen LogP contribution in [0.15, 0.2) is 137 Å². The summed E-state index contributed by atoms with van der Waals surface area (Å²) in [7, 11) is 0. The summed E-state index contributed by atoms with van der Waals surface area (Å²) in [4.78, 5) is 11.8. The van der Waals surface area contributed by atoms with E-state index in [4.69, 9.17) is 9.92 Å². The summed E-state index contributed by atoms with van der Waals surface area (Å²) >= 11 is 1.65. The Morgan fingerprint density at radius 2 is 1.39 bits per heavy atom. The van der Waals surface area contributed by atoms with Gasteiger partial charge in [-0.1, -0.05) is 79.9 Å². The molecule has 7 aromatic rings. The van der Waals surface area contributed by atoms with E-state index in [1.165, 1.54) is 10.9 Å². The van der Waals surface area contributed by atoms with Crippen LogP contribution in [0.3, 0.4) is 0 Å². The second kappa shape index (κ2) is 12.1. The normalized spacial score (nSPS) is 12.8. The van der Waals surface area contributed by atoms with Gasteiger partial charge in [-0.3, -0.25) is 0 Å². The van der Waals surface area contributed by atoms with Crippen LogP contribution in [-0.4, -0.2) is 14.5 Å². The number of benzene rings is 5. The van der Waals surface area contributed by atoms with Crippen molar-refractivity contribution in [2.45, 2.75) is 36.0 Å². The third-order valence-electron chi connectivity index (χ3n) is 8.12. The van der Waals surface area contributed by atoms with Gasteiger partial charge in [-0.25, -0.2) is 4.98 Å². The van der Waals surface area contributed by atoms with Gasteiger partial charge >= 0.3 is 0 Å². The van der Waals surface area contributed by atoms with Crippen molar-refractivity contribution in [2.24, 2.45) is 0 Å². The van der Waals surface area contributed by atoms with Crippen LogP contribution in [0.4, 0.5) is 22.7 Å². The maximum absolute atomic E-state index is 4.99. The Morgan fingerprint density at radius 1 is 0.674 bits per heavy atom. The molecule has 0 atom stereocenters. The first-order valence-corrected chi connectivity index (χ1v) is 15.8. The molecule has 0 saturated carbocycles. The molecule has 7 heteroatoms. The summed E-state index contributed by atoms with van der Waals surface area (Å²) < 4.78 is 2.24. The molecule has 0 unspecified atom stereocenters. The molecule has 5 nitrogen and oxygen atoms in total. The average Bonchev–Trinajstić information content (AvgIpc) is 3.61. The predicted octanol–water partition coefficient (Wildman–Crippen LogP) is 10.4. The van der Waals surface area contributed by atoms with Crippen LogP contribution in [0.1, 0.15) is 26.3 Å². The molecule has 0 spiro atoms. The summed E-state index contributed by atoms with van der Waals surface area (Å²) in [6.07, 6.45) is 1.91. The van der Waals surface area contributed by atoms with Gasteiger partial charge < -0.3 is 4.57 Å². The Hall–Kier alpha value is -4.35. The quantitative estimate of drug-likeness (QED) is 0.128. The molecule has 0 amide bonds. The molecule has 0 aliphatic carbocycles. The third kappa shape index (κ3) is 5.41. The third-order valence-corrected chi connectivity index (χ3v) is 9.03. The van der Waals surface area contributed by atoms with Crippen molar-refractivity contribution in [1.82, 2.24) is 9.55 Å². The molecular formula is C39H31N4OPtS-. The fourth-order valence-electron chi connectivity index (χ4n) is 5.86. The number of fused-ring (bicyclic) bond motifs is 4. The molecule has 8 rings (SSSR count). The summed E-state index contributed by atoms with van der Waals surface area (Å²) in [5.41, 5.74) is 7.34. The first kappa shape index (κ1) is 30.3. The van der Waals surface area contributed by atoms with E-state index < -0.39 is 0 Å². The maximum atomic E-state index is 4.99. The molecule has 2 aromatic heterocycles. The maximum Gasteiger partial charge on any atom is 0.148 e. The van der Waals surface area contributed by atoms with E-state index >= 15 is 0 Å². The zero-order valence-corrected chi connectivity index (χ0v) is 28.7. The monoisotopic (exact) mass is 798 g/mol.